The van der Waals surface area contributed by atoms with Crippen molar-refractivity contribution in [3.63, 3.8) is 0 Å². The first-order valence-electron chi connectivity index (χ1n) is 3.83. The number of anilines is 1. The molecule has 0 unspecified atom stereocenters. The highest BCUT2D eigenvalue weighted by Crippen LogP contribution is 2.25. The Morgan fingerprint density at radius 2 is 2.17 bits per heavy atom. The third-order valence-electron chi connectivity index (χ3n) is 1.45. The number of thioether (sulfide) groups is 1. The maximum atomic E-state index is 5.67. The Hall–Kier alpha value is -0.830. The van der Waals surface area contributed by atoms with Gasteiger partial charge in [-0.3, -0.25) is 0 Å². The van der Waals surface area contributed by atoms with Gasteiger partial charge >= 0.3 is 0 Å². The Kier molecular flexibility index (Phi) is 3.29. The summed E-state index contributed by atoms with van der Waals surface area (Å²) < 4.78 is 5.09. The zero-order valence-electron chi connectivity index (χ0n) is 7.33. The topological polar surface area (TPSA) is 35.2 Å². The molecule has 0 aliphatic rings. The summed E-state index contributed by atoms with van der Waals surface area (Å²) in [5, 5.41) is 0. The molecule has 12 heavy (non-hydrogen) atoms. The number of ether oxygens (including phenoxy) is 1. The van der Waals surface area contributed by atoms with Crippen molar-refractivity contribution in [2.24, 2.45) is 0 Å². The van der Waals surface area contributed by atoms with Crippen molar-refractivity contribution in [3.05, 3.63) is 18.2 Å². The van der Waals surface area contributed by atoms with E-state index < -0.39 is 0 Å². The van der Waals surface area contributed by atoms with E-state index in [-0.39, 0.29) is 0 Å². The normalized spacial score (nSPS) is 9.83. The first kappa shape index (κ1) is 9.26. The molecule has 0 aromatic heterocycles. The lowest BCUT2D eigenvalue weighted by molar-refractivity contribution is 0.414. The van der Waals surface area contributed by atoms with Crippen LogP contribution in [0.5, 0.6) is 5.75 Å². The van der Waals surface area contributed by atoms with Crippen LogP contribution in [0.4, 0.5) is 5.69 Å². The summed E-state index contributed by atoms with van der Waals surface area (Å²) in [6.45, 7) is 2.11. The molecule has 66 valence electrons. The van der Waals surface area contributed by atoms with Gasteiger partial charge in [-0.05, 0) is 17.9 Å². The Morgan fingerprint density at radius 1 is 1.42 bits per heavy atom. The molecule has 0 spiro atoms. The van der Waals surface area contributed by atoms with Gasteiger partial charge in [0.25, 0.3) is 0 Å². The molecule has 0 amide bonds. The minimum atomic E-state index is 0.755. The molecule has 0 radical (unpaired) electrons. The van der Waals surface area contributed by atoms with Crippen LogP contribution in [0.25, 0.3) is 0 Å². The van der Waals surface area contributed by atoms with E-state index in [0.717, 1.165) is 22.1 Å². The van der Waals surface area contributed by atoms with E-state index in [0.29, 0.717) is 0 Å². The first-order chi connectivity index (χ1) is 5.76. The van der Waals surface area contributed by atoms with Crippen molar-refractivity contribution in [1.82, 2.24) is 0 Å². The summed E-state index contributed by atoms with van der Waals surface area (Å²) in [6, 6.07) is 5.76. The summed E-state index contributed by atoms with van der Waals surface area (Å²) >= 11 is 1.76. The smallest absolute Gasteiger partial charge is 0.122 e. The van der Waals surface area contributed by atoms with E-state index in [1.807, 2.05) is 18.2 Å². The van der Waals surface area contributed by atoms with Crippen LogP contribution in [0, 0.1) is 0 Å². The second kappa shape index (κ2) is 4.26. The first-order valence-corrected chi connectivity index (χ1v) is 4.82. The second-order valence-electron chi connectivity index (χ2n) is 2.37. The van der Waals surface area contributed by atoms with Crippen LogP contribution in [-0.4, -0.2) is 12.9 Å². The minimum Gasteiger partial charge on any atom is -0.497 e. The van der Waals surface area contributed by atoms with Gasteiger partial charge in [-0.25, -0.2) is 0 Å². The number of rotatable bonds is 3. The fourth-order valence-corrected chi connectivity index (χ4v) is 1.71. The molecular weight excluding hydrogens is 170 g/mol. The van der Waals surface area contributed by atoms with Crippen molar-refractivity contribution < 1.29 is 4.74 Å². The summed E-state index contributed by atoms with van der Waals surface area (Å²) in [7, 11) is 1.65. The maximum Gasteiger partial charge on any atom is 0.122 e. The molecule has 1 rings (SSSR count). The molecule has 0 bridgehead atoms. The lowest BCUT2D eigenvalue weighted by Gasteiger charge is -2.04. The third kappa shape index (κ3) is 2.34. The zero-order valence-corrected chi connectivity index (χ0v) is 8.15. The Labute approximate surface area is 77.1 Å². The molecule has 0 heterocycles. The van der Waals surface area contributed by atoms with Crippen molar-refractivity contribution in [2.75, 3.05) is 18.6 Å². The minimum absolute atomic E-state index is 0.755. The molecule has 0 aliphatic carbocycles. The predicted octanol–water partition coefficient (Wildman–Crippen LogP) is 2.39. The molecule has 3 heteroatoms. The summed E-state index contributed by atoms with van der Waals surface area (Å²) in [5.41, 5.74) is 6.43. The standard InChI is InChI=1S/C9H13NOS/c1-3-12-9-5-7(10)4-8(6-9)11-2/h4-6H,3,10H2,1-2H3. The van der Waals surface area contributed by atoms with Crippen molar-refractivity contribution >= 4 is 17.4 Å². The van der Waals surface area contributed by atoms with Gasteiger partial charge in [0.1, 0.15) is 5.75 Å². The molecule has 0 saturated carbocycles. The number of benzene rings is 1. The van der Waals surface area contributed by atoms with Crippen molar-refractivity contribution in [1.29, 1.82) is 0 Å². The van der Waals surface area contributed by atoms with Gasteiger partial charge in [0, 0.05) is 16.6 Å². The molecular formula is C9H13NOS. The molecule has 0 atom stereocenters. The molecule has 0 aliphatic heterocycles. The average Bonchev–Trinajstić information content (AvgIpc) is 2.04. The lowest BCUT2D eigenvalue weighted by atomic mass is 10.3. The largest absolute Gasteiger partial charge is 0.497 e. The zero-order chi connectivity index (χ0) is 8.97. The third-order valence-corrected chi connectivity index (χ3v) is 2.31. The average molecular weight is 183 g/mol. The lowest BCUT2D eigenvalue weighted by Crippen LogP contribution is -1.89. The number of hydrogen-bond acceptors (Lipinski definition) is 3. The second-order valence-corrected chi connectivity index (χ2v) is 3.71. The summed E-state index contributed by atoms with van der Waals surface area (Å²) in [4.78, 5) is 1.16. The van der Waals surface area contributed by atoms with Crippen LogP contribution in [0.1, 0.15) is 6.92 Å². The van der Waals surface area contributed by atoms with Crippen molar-refractivity contribution in [3.8, 4) is 5.75 Å². The van der Waals surface area contributed by atoms with Gasteiger partial charge in [-0.2, -0.15) is 0 Å². The van der Waals surface area contributed by atoms with Gasteiger partial charge in [0.2, 0.25) is 0 Å². The van der Waals surface area contributed by atoms with E-state index in [4.69, 9.17) is 10.5 Å². The van der Waals surface area contributed by atoms with Crippen LogP contribution in [-0.2, 0) is 0 Å². The monoisotopic (exact) mass is 183 g/mol. The summed E-state index contributed by atoms with van der Waals surface area (Å²) in [5.74, 6) is 1.87. The molecule has 2 nitrogen and oxygen atoms in total. The number of nitrogens with two attached hydrogens (primary N) is 1. The highest BCUT2D eigenvalue weighted by atomic mass is 32.2. The van der Waals surface area contributed by atoms with Crippen LogP contribution in [0.3, 0.4) is 0 Å². The predicted molar refractivity (Wildman–Crippen MR) is 53.8 cm³/mol. The maximum absolute atomic E-state index is 5.67. The van der Waals surface area contributed by atoms with Gasteiger partial charge in [0.15, 0.2) is 0 Å². The SMILES string of the molecule is CCSc1cc(N)cc(OC)c1. The highest BCUT2D eigenvalue weighted by molar-refractivity contribution is 7.99. The van der Waals surface area contributed by atoms with Gasteiger partial charge in [0.05, 0.1) is 7.11 Å². The number of methoxy groups -OCH3 is 1. The fraction of sp³-hybridized carbons (Fsp3) is 0.333. The Bertz CT molecular complexity index is 263. The Balaban J connectivity index is 2.90. The van der Waals surface area contributed by atoms with E-state index in [1.54, 1.807) is 18.9 Å². The van der Waals surface area contributed by atoms with Crippen LogP contribution in [0.15, 0.2) is 23.1 Å². The van der Waals surface area contributed by atoms with Gasteiger partial charge < -0.3 is 10.5 Å². The fourth-order valence-electron chi connectivity index (χ4n) is 0.962. The van der Waals surface area contributed by atoms with Gasteiger partial charge in [-0.15, -0.1) is 11.8 Å². The van der Waals surface area contributed by atoms with E-state index in [1.165, 1.54) is 0 Å². The molecule has 0 fully saturated rings. The quantitative estimate of drug-likeness (QED) is 0.577. The molecule has 1 aromatic carbocycles. The van der Waals surface area contributed by atoms with Crippen LogP contribution in [0.2, 0.25) is 0 Å². The van der Waals surface area contributed by atoms with Crippen LogP contribution >= 0.6 is 11.8 Å². The van der Waals surface area contributed by atoms with E-state index in [2.05, 4.69) is 6.92 Å². The van der Waals surface area contributed by atoms with E-state index in [9.17, 15) is 0 Å². The number of nitrogen functional groups attached to an aromatic ring is 1. The molecule has 0 saturated heterocycles. The van der Waals surface area contributed by atoms with Gasteiger partial charge in [-0.1, -0.05) is 6.92 Å². The number of hydrogen-bond donors (Lipinski definition) is 1. The van der Waals surface area contributed by atoms with Crippen LogP contribution < -0.4 is 10.5 Å². The Morgan fingerprint density at radius 3 is 2.75 bits per heavy atom. The van der Waals surface area contributed by atoms with E-state index >= 15 is 0 Å². The molecule has 1 aromatic rings. The summed E-state index contributed by atoms with van der Waals surface area (Å²) in [6.07, 6.45) is 0. The highest BCUT2D eigenvalue weighted by Gasteiger charge is 1.97. The van der Waals surface area contributed by atoms with Crippen molar-refractivity contribution in [2.45, 2.75) is 11.8 Å². The molecule has 2 N–H and O–H groups in total.